The fourth-order valence-corrected chi connectivity index (χ4v) is 4.33. The number of hydrogen-bond acceptors (Lipinski definition) is 7. The minimum atomic E-state index is -0.536. The Hall–Kier alpha value is -3.46. The van der Waals surface area contributed by atoms with E-state index in [9.17, 15) is 4.79 Å². The molecular weight excluding hydrogens is 458 g/mol. The predicted molar refractivity (Wildman–Crippen MR) is 138 cm³/mol. The second-order valence-corrected chi connectivity index (χ2v) is 10.1. The summed E-state index contributed by atoms with van der Waals surface area (Å²) in [7, 11) is 1.66. The topological polar surface area (TPSA) is 91.6 Å². The quantitative estimate of drug-likeness (QED) is 0.454. The highest BCUT2D eigenvalue weighted by Crippen LogP contribution is 2.34. The van der Waals surface area contributed by atoms with Gasteiger partial charge in [-0.1, -0.05) is 18.2 Å². The lowest BCUT2D eigenvalue weighted by Gasteiger charge is -2.27. The summed E-state index contributed by atoms with van der Waals surface area (Å²) < 4.78 is 18.8. The summed E-state index contributed by atoms with van der Waals surface area (Å²) in [4.78, 5) is 27.8. The summed E-state index contributed by atoms with van der Waals surface area (Å²) in [5.41, 5.74) is 1.73. The van der Waals surface area contributed by atoms with Crippen LogP contribution in [0.1, 0.15) is 45.5 Å². The first-order chi connectivity index (χ1) is 17.2. The number of carbonyl (C=O) groups excluding carboxylic acids is 1. The number of imidazole rings is 1. The molecule has 1 aliphatic rings. The van der Waals surface area contributed by atoms with E-state index in [0.29, 0.717) is 38.5 Å². The van der Waals surface area contributed by atoms with Crippen molar-refractivity contribution in [3.63, 3.8) is 0 Å². The van der Waals surface area contributed by atoms with Crippen LogP contribution in [-0.4, -0.2) is 69.5 Å². The first-order valence-corrected chi connectivity index (χ1v) is 12.3. The van der Waals surface area contributed by atoms with Crippen molar-refractivity contribution in [1.82, 2.24) is 24.4 Å². The Morgan fingerprint density at radius 1 is 1.22 bits per heavy atom. The van der Waals surface area contributed by atoms with Crippen molar-refractivity contribution < 1.29 is 19.0 Å². The number of rotatable bonds is 8. The molecule has 9 nitrogen and oxygen atoms in total. The molecule has 0 saturated carbocycles. The van der Waals surface area contributed by atoms with Crippen molar-refractivity contribution in [2.75, 3.05) is 33.4 Å². The normalized spacial score (nSPS) is 18.3. The van der Waals surface area contributed by atoms with Gasteiger partial charge in [-0.2, -0.15) is 0 Å². The molecule has 192 valence electrons. The molecule has 1 unspecified atom stereocenters. The maximum absolute atomic E-state index is 12.7. The van der Waals surface area contributed by atoms with Gasteiger partial charge in [0.05, 0.1) is 19.9 Å². The molecule has 3 aromatic rings. The second-order valence-electron chi connectivity index (χ2n) is 10.1. The van der Waals surface area contributed by atoms with E-state index in [2.05, 4.69) is 20.6 Å². The molecule has 1 aliphatic heterocycles. The van der Waals surface area contributed by atoms with E-state index in [1.807, 2.05) is 58.0 Å². The number of benzene rings is 1. The van der Waals surface area contributed by atoms with Gasteiger partial charge in [-0.25, -0.2) is 19.7 Å². The van der Waals surface area contributed by atoms with Gasteiger partial charge < -0.3 is 23.7 Å². The highest BCUT2D eigenvalue weighted by molar-refractivity contribution is 5.73. The number of carbonyl (C=O) groups is 1. The molecule has 0 radical (unpaired) electrons. The highest BCUT2D eigenvalue weighted by atomic mass is 16.6. The number of nitrogens with zero attached hydrogens (tertiary/aromatic N) is 5. The van der Waals surface area contributed by atoms with Gasteiger partial charge in [0.25, 0.3) is 0 Å². The van der Waals surface area contributed by atoms with Crippen LogP contribution in [0.2, 0.25) is 0 Å². The lowest BCUT2D eigenvalue weighted by Crippen LogP contribution is -2.37. The number of ether oxygens (including phenoxy) is 3. The van der Waals surface area contributed by atoms with E-state index in [1.54, 1.807) is 18.2 Å². The summed E-state index contributed by atoms with van der Waals surface area (Å²) in [6.07, 6.45) is 7.92. The molecule has 0 bridgehead atoms. The monoisotopic (exact) mass is 493 g/mol. The van der Waals surface area contributed by atoms with Crippen LogP contribution in [0, 0.1) is 5.41 Å². The summed E-state index contributed by atoms with van der Waals surface area (Å²) in [5.74, 6) is 1.58. The Bertz CT molecular complexity index is 1220. The van der Waals surface area contributed by atoms with Crippen molar-refractivity contribution in [3.8, 4) is 5.75 Å². The Labute approximate surface area is 212 Å². The van der Waals surface area contributed by atoms with E-state index >= 15 is 0 Å². The summed E-state index contributed by atoms with van der Waals surface area (Å²) in [6.45, 7) is 10.5. The molecule has 36 heavy (non-hydrogen) atoms. The Morgan fingerprint density at radius 3 is 2.69 bits per heavy atom. The van der Waals surface area contributed by atoms with Crippen molar-refractivity contribution in [2.45, 2.75) is 46.3 Å². The third-order valence-corrected chi connectivity index (χ3v) is 6.18. The van der Waals surface area contributed by atoms with E-state index in [-0.39, 0.29) is 11.5 Å². The van der Waals surface area contributed by atoms with Crippen LogP contribution in [-0.2, 0) is 16.0 Å². The number of fused-ring (bicyclic) bond motifs is 1. The minimum absolute atomic E-state index is 0.295. The Balaban J connectivity index is 1.62. The molecule has 1 fully saturated rings. The fraction of sp³-hybridized carbons (Fsp3) is 0.481. The van der Waals surface area contributed by atoms with Gasteiger partial charge >= 0.3 is 6.09 Å². The van der Waals surface area contributed by atoms with E-state index in [1.165, 1.54) is 6.33 Å². The number of methoxy groups -OCH3 is 1. The number of hydrogen-bond donors (Lipinski definition) is 0. The molecular formula is C27H35N5O4. The van der Waals surface area contributed by atoms with E-state index in [4.69, 9.17) is 19.2 Å². The van der Waals surface area contributed by atoms with Crippen LogP contribution in [0.4, 0.5) is 4.79 Å². The maximum Gasteiger partial charge on any atom is 0.410 e. The van der Waals surface area contributed by atoms with Crippen LogP contribution in [0.25, 0.3) is 17.2 Å². The molecule has 1 amide bonds. The zero-order chi connectivity index (χ0) is 25.8. The van der Waals surface area contributed by atoms with Crippen LogP contribution in [0.15, 0.2) is 42.9 Å². The van der Waals surface area contributed by atoms with Gasteiger partial charge in [0.2, 0.25) is 0 Å². The van der Waals surface area contributed by atoms with Crippen LogP contribution >= 0.6 is 0 Å². The fourth-order valence-electron chi connectivity index (χ4n) is 4.33. The zero-order valence-corrected chi connectivity index (χ0v) is 21.7. The third kappa shape index (κ3) is 6.02. The average molecular weight is 494 g/mol. The van der Waals surface area contributed by atoms with Crippen LogP contribution < -0.4 is 4.74 Å². The standard InChI is InChI=1S/C27H35N5O4/c1-6-35-18-27(13-14-31(17-27)25(33)36-26(2,3)4)12-11-23-30-24-22(15-28-19-29-24)32(23)16-20-7-9-21(34-5)10-8-20/h7-12,15,19H,6,13-14,16-18H2,1-5H3. The molecule has 1 saturated heterocycles. The van der Waals surface area contributed by atoms with Gasteiger partial charge in [0.1, 0.15) is 29.0 Å². The zero-order valence-electron chi connectivity index (χ0n) is 21.7. The smallest absolute Gasteiger partial charge is 0.410 e. The van der Waals surface area contributed by atoms with Gasteiger partial charge in [0, 0.05) is 31.7 Å². The Morgan fingerprint density at radius 2 is 2.00 bits per heavy atom. The van der Waals surface area contributed by atoms with Crippen LogP contribution in [0.3, 0.4) is 0 Å². The SMILES string of the molecule is CCOCC1(C=Cc2nc3ncncc3n2Cc2ccc(OC)cc2)CCN(C(=O)OC(C)(C)C)C1. The van der Waals surface area contributed by atoms with Crippen molar-refractivity contribution in [3.05, 3.63) is 54.3 Å². The lowest BCUT2D eigenvalue weighted by atomic mass is 9.87. The van der Waals surface area contributed by atoms with E-state index < -0.39 is 5.60 Å². The number of likely N-dealkylation sites (tertiary alicyclic amines) is 1. The Kier molecular flexibility index (Phi) is 7.59. The van der Waals surface area contributed by atoms with Crippen molar-refractivity contribution in [2.24, 2.45) is 5.41 Å². The largest absolute Gasteiger partial charge is 0.497 e. The minimum Gasteiger partial charge on any atom is -0.497 e. The first kappa shape index (κ1) is 25.6. The van der Waals surface area contributed by atoms with Crippen molar-refractivity contribution >= 4 is 23.3 Å². The molecule has 2 aromatic heterocycles. The predicted octanol–water partition coefficient (Wildman–Crippen LogP) is 4.56. The number of aromatic nitrogens is 4. The number of amides is 1. The second kappa shape index (κ2) is 10.7. The molecule has 1 atom stereocenters. The molecule has 1 aromatic carbocycles. The van der Waals surface area contributed by atoms with E-state index in [0.717, 1.165) is 29.1 Å². The molecule has 3 heterocycles. The van der Waals surface area contributed by atoms with Crippen molar-refractivity contribution in [1.29, 1.82) is 0 Å². The summed E-state index contributed by atoms with van der Waals surface area (Å²) in [6, 6.07) is 7.96. The lowest BCUT2D eigenvalue weighted by molar-refractivity contribution is 0.0250. The van der Waals surface area contributed by atoms with Gasteiger partial charge in [0.15, 0.2) is 5.65 Å². The molecule has 0 spiro atoms. The first-order valence-electron chi connectivity index (χ1n) is 12.3. The van der Waals surface area contributed by atoms with Crippen LogP contribution in [0.5, 0.6) is 5.75 Å². The molecule has 9 heteroatoms. The average Bonchev–Trinajstić information content (AvgIpc) is 3.43. The molecule has 0 aliphatic carbocycles. The van der Waals surface area contributed by atoms with Gasteiger partial charge in [-0.15, -0.1) is 0 Å². The molecule has 0 N–H and O–H groups in total. The third-order valence-electron chi connectivity index (χ3n) is 6.18. The molecule has 4 rings (SSSR count). The van der Waals surface area contributed by atoms with Gasteiger partial charge in [-0.3, -0.25) is 0 Å². The summed E-state index contributed by atoms with van der Waals surface area (Å²) in [5, 5.41) is 0. The summed E-state index contributed by atoms with van der Waals surface area (Å²) >= 11 is 0. The highest BCUT2D eigenvalue weighted by Gasteiger charge is 2.40. The van der Waals surface area contributed by atoms with Gasteiger partial charge in [-0.05, 0) is 57.9 Å². The maximum atomic E-state index is 12.7.